The number of carbonyl (C=O) groups is 2. The molecule has 0 aromatic heterocycles. The third kappa shape index (κ3) is 3.50. The van der Waals surface area contributed by atoms with Crippen LogP contribution in [0.2, 0.25) is 0 Å². The Morgan fingerprint density at radius 1 is 1.25 bits per heavy atom. The van der Waals surface area contributed by atoms with Crippen molar-refractivity contribution >= 4 is 11.8 Å². The molecule has 0 aromatic rings. The van der Waals surface area contributed by atoms with Crippen LogP contribution >= 0.6 is 0 Å². The predicted octanol–water partition coefficient (Wildman–Crippen LogP) is 1.83. The summed E-state index contributed by atoms with van der Waals surface area (Å²) in [6.45, 7) is 6.88. The first kappa shape index (κ1) is 16.5. The van der Waals surface area contributed by atoms with Gasteiger partial charge in [0.25, 0.3) is 0 Å². The van der Waals surface area contributed by atoms with Crippen molar-refractivity contribution in [2.24, 2.45) is 5.41 Å². The molecule has 1 N–H and O–H groups in total. The summed E-state index contributed by atoms with van der Waals surface area (Å²) >= 11 is 0. The molecular formula is C15H25N3O2. The van der Waals surface area contributed by atoms with E-state index in [1.54, 1.807) is 11.8 Å². The normalized spacial score (nSPS) is 17.2. The lowest BCUT2D eigenvalue weighted by Crippen LogP contribution is -2.51. The van der Waals surface area contributed by atoms with Crippen LogP contribution < -0.4 is 5.32 Å². The molecule has 1 aliphatic rings. The molecule has 20 heavy (non-hydrogen) atoms. The van der Waals surface area contributed by atoms with E-state index >= 15 is 0 Å². The maximum atomic E-state index is 12.3. The van der Waals surface area contributed by atoms with Gasteiger partial charge in [-0.05, 0) is 39.0 Å². The summed E-state index contributed by atoms with van der Waals surface area (Å²) in [5.41, 5.74) is -1.02. The number of nitrogens with one attached hydrogen (secondary N) is 1. The molecule has 1 fully saturated rings. The lowest BCUT2D eigenvalue weighted by atomic mass is 9.83. The molecule has 1 heterocycles. The average Bonchev–Trinajstić information content (AvgIpc) is 2.49. The molecule has 1 aliphatic heterocycles. The fraction of sp³-hybridized carbons (Fsp3) is 0.800. The summed E-state index contributed by atoms with van der Waals surface area (Å²) in [6, 6.07) is 1.54. The predicted molar refractivity (Wildman–Crippen MR) is 76.7 cm³/mol. The van der Waals surface area contributed by atoms with E-state index in [1.807, 2.05) is 13.8 Å². The highest BCUT2D eigenvalue weighted by molar-refractivity contribution is 5.91. The number of carbonyl (C=O) groups excluding carboxylic acids is 2. The highest BCUT2D eigenvalue weighted by Crippen LogP contribution is 2.25. The summed E-state index contributed by atoms with van der Waals surface area (Å²) in [5, 5.41) is 12.0. The Hall–Kier alpha value is -1.57. The van der Waals surface area contributed by atoms with E-state index in [4.69, 9.17) is 0 Å². The van der Waals surface area contributed by atoms with Gasteiger partial charge in [-0.15, -0.1) is 0 Å². The van der Waals surface area contributed by atoms with E-state index in [1.165, 1.54) is 0 Å². The highest BCUT2D eigenvalue weighted by atomic mass is 16.2. The molecular weight excluding hydrogens is 254 g/mol. The number of rotatable bonds is 5. The van der Waals surface area contributed by atoms with Crippen LogP contribution in [0.15, 0.2) is 0 Å². The number of likely N-dealkylation sites (tertiary alicyclic amines) is 1. The SMILES string of the molecule is CCC(C#N)(CC)C(=O)NC(C)C(=O)N1CCCCC1. The smallest absolute Gasteiger partial charge is 0.244 e. The van der Waals surface area contributed by atoms with Gasteiger partial charge in [-0.2, -0.15) is 5.26 Å². The zero-order valence-electron chi connectivity index (χ0n) is 12.7. The van der Waals surface area contributed by atoms with Crippen LogP contribution in [0.5, 0.6) is 0 Å². The van der Waals surface area contributed by atoms with Gasteiger partial charge < -0.3 is 10.2 Å². The molecule has 1 unspecified atom stereocenters. The van der Waals surface area contributed by atoms with E-state index in [0.29, 0.717) is 12.8 Å². The third-order valence-electron chi connectivity index (χ3n) is 4.24. The molecule has 0 aliphatic carbocycles. The fourth-order valence-corrected chi connectivity index (χ4v) is 2.56. The number of hydrogen-bond donors (Lipinski definition) is 1. The Morgan fingerprint density at radius 3 is 2.25 bits per heavy atom. The van der Waals surface area contributed by atoms with Crippen LogP contribution in [0.25, 0.3) is 0 Å². The van der Waals surface area contributed by atoms with Gasteiger partial charge in [-0.1, -0.05) is 13.8 Å². The van der Waals surface area contributed by atoms with Crippen molar-refractivity contribution in [2.45, 2.75) is 58.9 Å². The zero-order valence-corrected chi connectivity index (χ0v) is 12.7. The molecule has 112 valence electrons. The fourth-order valence-electron chi connectivity index (χ4n) is 2.56. The van der Waals surface area contributed by atoms with Gasteiger partial charge in [0.1, 0.15) is 11.5 Å². The Morgan fingerprint density at radius 2 is 1.80 bits per heavy atom. The van der Waals surface area contributed by atoms with Crippen LogP contribution in [0.3, 0.4) is 0 Å². The van der Waals surface area contributed by atoms with Crippen LogP contribution in [0, 0.1) is 16.7 Å². The first-order valence-electron chi connectivity index (χ1n) is 7.51. The van der Waals surface area contributed by atoms with Gasteiger partial charge in [0.2, 0.25) is 11.8 Å². The summed E-state index contributed by atoms with van der Waals surface area (Å²) in [4.78, 5) is 26.3. The van der Waals surface area contributed by atoms with Gasteiger partial charge in [0, 0.05) is 13.1 Å². The Balaban J connectivity index is 2.65. The van der Waals surface area contributed by atoms with E-state index in [0.717, 1.165) is 32.4 Å². The topological polar surface area (TPSA) is 73.2 Å². The van der Waals surface area contributed by atoms with Gasteiger partial charge >= 0.3 is 0 Å². The van der Waals surface area contributed by atoms with Crippen LogP contribution in [-0.4, -0.2) is 35.8 Å². The van der Waals surface area contributed by atoms with Crippen molar-refractivity contribution in [3.05, 3.63) is 0 Å². The number of nitriles is 1. The minimum Gasteiger partial charge on any atom is -0.343 e. The number of amides is 2. The molecule has 1 rings (SSSR count). The van der Waals surface area contributed by atoms with Gasteiger partial charge in [0.15, 0.2) is 0 Å². The van der Waals surface area contributed by atoms with E-state index in [-0.39, 0.29) is 11.8 Å². The van der Waals surface area contributed by atoms with Gasteiger partial charge in [-0.25, -0.2) is 0 Å². The quantitative estimate of drug-likeness (QED) is 0.834. The van der Waals surface area contributed by atoms with Gasteiger partial charge in [0.05, 0.1) is 6.07 Å². The van der Waals surface area contributed by atoms with E-state index in [9.17, 15) is 14.9 Å². The van der Waals surface area contributed by atoms with Crippen molar-refractivity contribution in [3.63, 3.8) is 0 Å². The third-order valence-corrected chi connectivity index (χ3v) is 4.24. The minimum absolute atomic E-state index is 0.0444. The summed E-state index contributed by atoms with van der Waals surface area (Å²) in [6.07, 6.45) is 4.12. The molecule has 0 aromatic carbocycles. The number of hydrogen-bond acceptors (Lipinski definition) is 3. The molecule has 1 saturated heterocycles. The molecule has 5 nitrogen and oxygen atoms in total. The van der Waals surface area contributed by atoms with Crippen LogP contribution in [0.1, 0.15) is 52.9 Å². The molecule has 1 atom stereocenters. The van der Waals surface area contributed by atoms with Crippen molar-refractivity contribution in [1.29, 1.82) is 5.26 Å². The molecule has 0 bridgehead atoms. The molecule has 5 heteroatoms. The van der Waals surface area contributed by atoms with Crippen molar-refractivity contribution in [3.8, 4) is 6.07 Å². The Labute approximate surface area is 121 Å². The average molecular weight is 279 g/mol. The second-order valence-electron chi connectivity index (χ2n) is 5.48. The van der Waals surface area contributed by atoms with E-state index < -0.39 is 11.5 Å². The van der Waals surface area contributed by atoms with Crippen molar-refractivity contribution in [1.82, 2.24) is 10.2 Å². The van der Waals surface area contributed by atoms with Gasteiger partial charge in [-0.3, -0.25) is 9.59 Å². The molecule has 2 amide bonds. The largest absolute Gasteiger partial charge is 0.343 e. The zero-order chi connectivity index (χ0) is 15.2. The lowest BCUT2D eigenvalue weighted by Gasteiger charge is -2.31. The molecule has 0 radical (unpaired) electrons. The van der Waals surface area contributed by atoms with Crippen LogP contribution in [-0.2, 0) is 9.59 Å². The Bertz CT molecular complexity index is 390. The van der Waals surface area contributed by atoms with Crippen LogP contribution in [0.4, 0.5) is 0 Å². The first-order chi connectivity index (χ1) is 9.50. The minimum atomic E-state index is -1.02. The maximum absolute atomic E-state index is 12.3. The Kier molecular flexibility index (Phi) is 6.00. The lowest BCUT2D eigenvalue weighted by molar-refractivity contribution is -0.138. The van der Waals surface area contributed by atoms with Crippen molar-refractivity contribution in [2.75, 3.05) is 13.1 Å². The number of piperidine rings is 1. The molecule has 0 spiro atoms. The van der Waals surface area contributed by atoms with E-state index in [2.05, 4.69) is 11.4 Å². The molecule has 0 saturated carbocycles. The summed E-state index contributed by atoms with van der Waals surface area (Å²) < 4.78 is 0. The maximum Gasteiger partial charge on any atom is 0.244 e. The standard InChI is InChI=1S/C15H25N3O2/c1-4-15(5-2,11-16)14(20)17-12(3)13(19)18-9-7-6-8-10-18/h12H,4-10H2,1-3H3,(H,17,20). The summed E-state index contributed by atoms with van der Waals surface area (Å²) in [5.74, 6) is -0.375. The second kappa shape index (κ2) is 7.28. The monoisotopic (exact) mass is 279 g/mol. The summed E-state index contributed by atoms with van der Waals surface area (Å²) in [7, 11) is 0. The highest BCUT2D eigenvalue weighted by Gasteiger charge is 2.37. The van der Waals surface area contributed by atoms with Crippen molar-refractivity contribution < 1.29 is 9.59 Å². The first-order valence-corrected chi connectivity index (χ1v) is 7.51. The second-order valence-corrected chi connectivity index (χ2v) is 5.48. The number of nitrogens with zero attached hydrogens (tertiary/aromatic N) is 2.